The van der Waals surface area contributed by atoms with Gasteiger partial charge in [0.25, 0.3) is 0 Å². The Morgan fingerprint density at radius 1 is 1.62 bits per heavy atom. The number of nitrogens with one attached hydrogen (secondary N) is 1. The van der Waals surface area contributed by atoms with Crippen LogP contribution in [0.3, 0.4) is 0 Å². The Morgan fingerprint density at radius 3 is 2.62 bits per heavy atom. The number of hydrazone groups is 1. The van der Waals surface area contributed by atoms with Crippen molar-refractivity contribution < 1.29 is 0 Å². The number of hydrogen-bond acceptors (Lipinski definition) is 2. The van der Waals surface area contributed by atoms with Crippen molar-refractivity contribution in [3.05, 3.63) is 18.2 Å². The van der Waals surface area contributed by atoms with Crippen molar-refractivity contribution in [3.63, 3.8) is 0 Å². The second-order valence-electron chi connectivity index (χ2n) is 1.46. The van der Waals surface area contributed by atoms with E-state index in [0.717, 1.165) is 0 Å². The van der Waals surface area contributed by atoms with Gasteiger partial charge in [-0.05, 0) is 6.21 Å². The minimum atomic E-state index is 0. The van der Waals surface area contributed by atoms with Crippen molar-refractivity contribution in [2.75, 3.05) is 0 Å². The monoisotopic (exact) mass is 357 g/mol. The molecule has 0 amide bonds. The number of allylic oxidation sites excluding steroid dienone is 1. The summed E-state index contributed by atoms with van der Waals surface area (Å²) in [5.74, 6) is 1.18. The molecule has 8 heavy (non-hydrogen) atoms. The first-order valence-corrected chi connectivity index (χ1v) is 2.18. The molecule has 1 aliphatic rings. The molecule has 0 saturated carbocycles. The fourth-order valence-corrected chi connectivity index (χ4v) is 0.394. The molecule has 53 valence electrons. The molecule has 0 atom stereocenters. The Labute approximate surface area is 42.9 Å². The van der Waals surface area contributed by atoms with Crippen LogP contribution in [0.4, 0.5) is 0 Å². The molecule has 0 fully saturated rings. The summed E-state index contributed by atoms with van der Waals surface area (Å²) in [6.07, 6.45) is 5.54. The van der Waals surface area contributed by atoms with Gasteiger partial charge in [0, 0.05) is 0 Å². The first-order valence-electron chi connectivity index (χ1n) is 2.18. The minimum Gasteiger partial charge on any atom is -0.365 e. The third kappa shape index (κ3) is 1.05. The van der Waals surface area contributed by atoms with Crippen LogP contribution in [0.2, 0.25) is 0 Å². The Morgan fingerprint density at radius 2 is 2.38 bits per heavy atom. The van der Waals surface area contributed by atoms with Crippen LogP contribution in [0, 0.1) is 5.92 Å². The predicted octanol–water partition coefficient (Wildman–Crippen LogP) is 0.683. The van der Waals surface area contributed by atoms with Crippen molar-refractivity contribution in [1.82, 2.24) is 5.43 Å². The van der Waals surface area contributed by atoms with Gasteiger partial charge in [0.15, 0.2) is 0 Å². The summed E-state index contributed by atoms with van der Waals surface area (Å²) in [7, 11) is 0. The maximum Gasteiger partial charge on any atom is 0 e. The zero-order chi connectivity index (χ0) is 5.11. The van der Waals surface area contributed by atoms with E-state index in [4.69, 9.17) is 0 Å². The fourth-order valence-electron chi connectivity index (χ4n) is 0.394. The summed E-state index contributed by atoms with van der Waals surface area (Å²) in [6, 6.07) is 0. The van der Waals surface area contributed by atoms with Gasteiger partial charge in [-0.2, -0.15) is 5.92 Å². The Balaban J connectivity index is 0.000000490. The van der Waals surface area contributed by atoms with Crippen LogP contribution in [0.15, 0.2) is 17.4 Å². The normalized spacial score (nSPS) is 14.9. The molecule has 0 bridgehead atoms. The van der Waals surface area contributed by atoms with E-state index in [-0.39, 0.29) is 0 Å². The largest absolute Gasteiger partial charge is 0.365 e. The maximum atomic E-state index is 3.76. The zero-order valence-corrected chi connectivity index (χ0v) is 6.59. The summed E-state index contributed by atoms with van der Waals surface area (Å²) in [5, 5.41) is 3.76. The van der Waals surface area contributed by atoms with Crippen LogP contribution in [-0.4, -0.2) is 6.21 Å². The average Bonchev–Trinajstić information content (AvgIpc) is 1.69. The van der Waals surface area contributed by atoms with Crippen LogP contribution >= 0.6 is 0 Å². The smallest absolute Gasteiger partial charge is 0 e. The average molecular weight is 357 g/mol. The molecule has 0 spiro atoms. The minimum absolute atomic E-state index is 0. The second kappa shape index (κ2) is 2.29. The van der Waals surface area contributed by atoms with Crippen molar-refractivity contribution in [2.24, 2.45) is 5.10 Å². The molecule has 0 aromatic rings. The van der Waals surface area contributed by atoms with Crippen LogP contribution in [0.25, 0.3) is 0 Å². The molecule has 3 heteroatoms. The molecule has 1 radical (unpaired) electrons. The van der Waals surface area contributed by atoms with E-state index < -0.39 is 0 Å². The molecule has 0 aromatic carbocycles. The van der Waals surface area contributed by atoms with E-state index >= 15 is 0 Å². The van der Waals surface area contributed by atoms with Gasteiger partial charge in [-0.1, -0.05) is 0 Å². The summed E-state index contributed by atoms with van der Waals surface area (Å²) in [4.78, 5) is 0. The molecule has 0 aromatic heterocycles. The van der Waals surface area contributed by atoms with Gasteiger partial charge in [-0.3, -0.25) is 0 Å². The van der Waals surface area contributed by atoms with E-state index in [2.05, 4.69) is 10.5 Å². The molecule has 1 aliphatic heterocycles. The summed E-state index contributed by atoms with van der Waals surface area (Å²) in [6.45, 7) is 2.00. The molecule has 1 heterocycles. The zero-order valence-electron chi connectivity index (χ0n) is 4.44. The fraction of sp³-hybridized carbons (Fsp3) is 0.200. The van der Waals surface area contributed by atoms with Crippen LogP contribution in [-0.2, 0) is 0 Å². The van der Waals surface area contributed by atoms with Gasteiger partial charge in [0.1, 0.15) is 0 Å². The van der Waals surface area contributed by atoms with Crippen LogP contribution < -0.4 is 5.43 Å². The van der Waals surface area contributed by atoms with Crippen molar-refractivity contribution >= 4 is 6.21 Å². The topological polar surface area (TPSA) is 24.4 Å². The SMILES string of the molecule is C[C-]1C=CNN=C1.[Lr]. The molecule has 0 unspecified atom stereocenters. The Hall–Kier alpha value is -1.92. The van der Waals surface area contributed by atoms with E-state index in [1.807, 2.05) is 13.0 Å². The molecule has 1 rings (SSSR count). The van der Waals surface area contributed by atoms with Gasteiger partial charge in [-0.25, -0.2) is 11.2 Å². The van der Waals surface area contributed by atoms with Gasteiger partial charge < -0.3 is 5.43 Å². The third-order valence-electron chi connectivity index (χ3n) is 0.763. The molecular weight excluding hydrogens is 350 g/mol. The van der Waals surface area contributed by atoms with Crippen molar-refractivity contribution in [3.8, 4) is 0 Å². The Kier molecular flexibility index (Phi) is 1.74. The quantitative estimate of drug-likeness (QED) is 0.634. The summed E-state index contributed by atoms with van der Waals surface area (Å²) < 4.78 is 0. The molecule has 1 N–H and O–H groups in total. The Bertz CT molecular complexity index is 97.0. The number of rotatable bonds is 0. The van der Waals surface area contributed by atoms with Gasteiger partial charge in [0.2, 0.25) is 0 Å². The van der Waals surface area contributed by atoms with E-state index in [9.17, 15) is 0 Å². The van der Waals surface area contributed by atoms with Crippen molar-refractivity contribution in [2.45, 2.75) is 6.92 Å². The maximum absolute atomic E-state index is 3.76. The molecular formula is C5H7LrN2-. The van der Waals surface area contributed by atoms with Gasteiger partial charge >= 0.3 is 0 Å². The predicted molar refractivity (Wildman–Crippen MR) is 29.7 cm³/mol. The van der Waals surface area contributed by atoms with E-state index in [1.165, 1.54) is 5.92 Å². The van der Waals surface area contributed by atoms with Crippen LogP contribution in [0.5, 0.6) is 0 Å². The van der Waals surface area contributed by atoms with Gasteiger partial charge in [0.05, 0.1) is 0 Å². The third-order valence-corrected chi connectivity index (χ3v) is 0.763. The number of nitrogens with zero attached hydrogens (tertiary/aromatic N) is 1. The second-order valence-corrected chi connectivity index (χ2v) is 1.46. The molecule has 2 nitrogen and oxygen atoms in total. The van der Waals surface area contributed by atoms with Crippen LogP contribution in [0.1, 0.15) is 6.92 Å². The van der Waals surface area contributed by atoms with E-state index in [1.54, 1.807) is 12.4 Å². The first-order chi connectivity index (χ1) is 3.39. The van der Waals surface area contributed by atoms with E-state index in [0.29, 0.717) is 0 Å². The molecule has 0 saturated heterocycles. The van der Waals surface area contributed by atoms with Crippen molar-refractivity contribution in [1.29, 1.82) is 0 Å². The first kappa shape index (κ1) is 6.08. The van der Waals surface area contributed by atoms with Gasteiger partial charge in [-0.15, -0.1) is 13.1 Å². The summed E-state index contributed by atoms with van der Waals surface area (Å²) in [5.41, 5.74) is 2.68. The number of hydrogen-bond donors (Lipinski definition) is 1. The summed E-state index contributed by atoms with van der Waals surface area (Å²) >= 11 is 0. The standard InChI is InChI=1S/C5H7N2.Lr/c1-5-2-3-6-7-4-5;/h2-4,6H,1H3;/q-1;. The molecule has 0 aliphatic carbocycles.